The Hall–Kier alpha value is -4.64. The summed E-state index contributed by atoms with van der Waals surface area (Å²) in [6.45, 7) is 7.52. The number of carbonyl (C=O) groups excluding carboxylic acids is 2. The Morgan fingerprint density at radius 3 is 2.27 bits per heavy atom. The summed E-state index contributed by atoms with van der Waals surface area (Å²) in [7, 11) is 0. The van der Waals surface area contributed by atoms with E-state index in [2.05, 4.69) is 54.4 Å². The van der Waals surface area contributed by atoms with Crippen LogP contribution in [-0.2, 0) is 21.4 Å². The van der Waals surface area contributed by atoms with Crippen molar-refractivity contribution in [3.8, 4) is 0 Å². The normalized spacial score (nSPS) is 17.5. The van der Waals surface area contributed by atoms with E-state index < -0.39 is 23.0 Å². The summed E-state index contributed by atoms with van der Waals surface area (Å²) in [6.07, 6.45) is 1.77. The fourth-order valence-corrected chi connectivity index (χ4v) is 6.30. The summed E-state index contributed by atoms with van der Waals surface area (Å²) in [5.41, 5.74) is 4.66. The molecule has 5 heteroatoms. The summed E-state index contributed by atoms with van der Waals surface area (Å²) in [6, 6.07) is 34.2. The Morgan fingerprint density at radius 2 is 1.56 bits per heavy atom. The lowest BCUT2D eigenvalue weighted by Crippen LogP contribution is -2.49. The zero-order valence-corrected chi connectivity index (χ0v) is 23.8. The van der Waals surface area contributed by atoms with Crippen LogP contribution in [0.2, 0.25) is 0 Å². The molecular formula is C36H34N2O3. The second-order valence-electron chi connectivity index (χ2n) is 11.9. The Balaban J connectivity index is 1.67. The van der Waals surface area contributed by atoms with E-state index in [4.69, 9.17) is 4.74 Å². The number of aromatic amines is 1. The number of anilines is 1. The van der Waals surface area contributed by atoms with Crippen LogP contribution in [0.5, 0.6) is 0 Å². The fraction of sp³-hybridized carbons (Fsp3) is 0.222. The van der Waals surface area contributed by atoms with Crippen molar-refractivity contribution in [2.24, 2.45) is 0 Å². The number of para-hydroxylation sites is 1. The molecule has 6 rings (SSSR count). The molecule has 0 unspecified atom stereocenters. The van der Waals surface area contributed by atoms with Crippen LogP contribution >= 0.6 is 0 Å². The van der Waals surface area contributed by atoms with E-state index in [1.54, 1.807) is 0 Å². The molecule has 1 N–H and O–H groups in total. The predicted molar refractivity (Wildman–Crippen MR) is 163 cm³/mol. The van der Waals surface area contributed by atoms with Crippen LogP contribution in [0.4, 0.5) is 10.5 Å². The van der Waals surface area contributed by atoms with Crippen molar-refractivity contribution in [2.75, 3.05) is 4.90 Å². The van der Waals surface area contributed by atoms with Crippen molar-refractivity contribution in [3.63, 3.8) is 0 Å². The number of ether oxygens (including phenoxy) is 1. The van der Waals surface area contributed by atoms with Crippen LogP contribution in [0.15, 0.2) is 109 Å². The first-order valence-electron chi connectivity index (χ1n) is 14.0. The van der Waals surface area contributed by atoms with Gasteiger partial charge >= 0.3 is 6.09 Å². The highest BCUT2D eigenvalue weighted by atomic mass is 16.6. The zero-order valence-electron chi connectivity index (χ0n) is 23.8. The molecule has 2 amide bonds. The molecule has 41 heavy (non-hydrogen) atoms. The molecular weight excluding hydrogens is 508 g/mol. The molecule has 0 bridgehead atoms. The highest BCUT2D eigenvalue weighted by molar-refractivity contribution is 6.22. The van der Waals surface area contributed by atoms with Crippen LogP contribution < -0.4 is 4.90 Å². The topological polar surface area (TPSA) is 62.4 Å². The van der Waals surface area contributed by atoms with Crippen LogP contribution in [0.3, 0.4) is 0 Å². The van der Waals surface area contributed by atoms with E-state index in [0.29, 0.717) is 12.1 Å². The average Bonchev–Trinajstić information content (AvgIpc) is 3.46. The minimum absolute atomic E-state index is 0.285. The molecule has 2 heterocycles. The lowest BCUT2D eigenvalue weighted by Gasteiger charge is -2.37. The standard InChI is InChI=1S/C36H34N2O3/c1-24-19-20-30-27(21-24)28(23-37-30)32(26-15-9-6-10-16-26)36(22-25-13-7-5-8-14-25)29-17-11-12-18-31(29)38(33(36)39)34(40)41-35(2,3)4/h5-21,23,32,37H,22H2,1-4H3/t32-,36+/m1/s1. The van der Waals surface area contributed by atoms with E-state index in [-0.39, 0.29) is 5.91 Å². The largest absolute Gasteiger partial charge is 0.443 e. The Bertz CT molecular complexity index is 1730. The van der Waals surface area contributed by atoms with Gasteiger partial charge in [-0.25, -0.2) is 9.69 Å². The quantitative estimate of drug-likeness (QED) is 0.244. The number of nitrogens with one attached hydrogen (secondary N) is 1. The SMILES string of the molecule is Cc1ccc2[nH]cc([C@@H](c3ccccc3)[C@@]3(Cc4ccccc4)C(=O)N(C(=O)OC(C)(C)C)c4ccccc43)c2c1. The molecule has 206 valence electrons. The molecule has 5 aromatic rings. The summed E-state index contributed by atoms with van der Waals surface area (Å²) in [5, 5.41) is 1.06. The van der Waals surface area contributed by atoms with E-state index in [0.717, 1.165) is 38.7 Å². The second-order valence-corrected chi connectivity index (χ2v) is 11.9. The number of carbonyl (C=O) groups is 2. The molecule has 4 aromatic carbocycles. The number of fused-ring (bicyclic) bond motifs is 2. The van der Waals surface area contributed by atoms with E-state index in [1.165, 1.54) is 4.90 Å². The van der Waals surface area contributed by atoms with Crippen molar-refractivity contribution in [3.05, 3.63) is 137 Å². The maximum absolute atomic E-state index is 15.1. The van der Waals surface area contributed by atoms with Gasteiger partial charge in [0.05, 0.1) is 11.1 Å². The minimum atomic E-state index is -1.13. The van der Waals surface area contributed by atoms with Gasteiger partial charge in [0.25, 0.3) is 0 Å². The number of nitrogens with zero attached hydrogens (tertiary/aromatic N) is 1. The van der Waals surface area contributed by atoms with Gasteiger partial charge in [0.15, 0.2) is 0 Å². The molecule has 1 aliphatic heterocycles. The molecule has 1 aliphatic rings. The van der Waals surface area contributed by atoms with E-state index in [1.807, 2.05) is 87.6 Å². The van der Waals surface area contributed by atoms with Gasteiger partial charge < -0.3 is 9.72 Å². The first-order valence-corrected chi connectivity index (χ1v) is 14.0. The van der Waals surface area contributed by atoms with Gasteiger partial charge in [-0.15, -0.1) is 0 Å². The predicted octanol–water partition coefficient (Wildman–Crippen LogP) is 8.07. The fourth-order valence-electron chi connectivity index (χ4n) is 6.30. The number of amides is 2. The minimum Gasteiger partial charge on any atom is -0.443 e. The molecule has 0 saturated heterocycles. The summed E-state index contributed by atoms with van der Waals surface area (Å²) >= 11 is 0. The maximum atomic E-state index is 15.1. The smallest absolute Gasteiger partial charge is 0.421 e. The van der Waals surface area contributed by atoms with Crippen LogP contribution in [0, 0.1) is 6.92 Å². The van der Waals surface area contributed by atoms with Crippen LogP contribution in [0.25, 0.3) is 10.9 Å². The number of benzene rings is 4. The summed E-state index contributed by atoms with van der Waals surface area (Å²) < 4.78 is 5.81. The van der Waals surface area contributed by atoms with Crippen molar-refractivity contribution >= 4 is 28.6 Å². The van der Waals surface area contributed by atoms with Gasteiger partial charge in [0.2, 0.25) is 5.91 Å². The third kappa shape index (κ3) is 4.61. The van der Waals surface area contributed by atoms with Gasteiger partial charge in [-0.2, -0.15) is 0 Å². The monoisotopic (exact) mass is 542 g/mol. The lowest BCUT2D eigenvalue weighted by atomic mass is 9.62. The van der Waals surface area contributed by atoms with Crippen LogP contribution in [0.1, 0.15) is 54.5 Å². The van der Waals surface area contributed by atoms with Crippen molar-refractivity contribution in [1.29, 1.82) is 0 Å². The number of hydrogen-bond acceptors (Lipinski definition) is 3. The molecule has 0 radical (unpaired) electrons. The summed E-state index contributed by atoms with van der Waals surface area (Å²) in [4.78, 5) is 33.6. The van der Waals surface area contributed by atoms with Gasteiger partial charge in [0.1, 0.15) is 5.60 Å². The molecule has 0 aliphatic carbocycles. The molecule has 2 atom stereocenters. The molecule has 0 spiro atoms. The average molecular weight is 543 g/mol. The van der Waals surface area contributed by atoms with Crippen molar-refractivity contribution in [1.82, 2.24) is 4.98 Å². The molecule has 1 aromatic heterocycles. The Labute approximate surface area is 240 Å². The highest BCUT2D eigenvalue weighted by Crippen LogP contribution is 2.55. The number of H-pyrrole nitrogens is 1. The number of rotatable bonds is 5. The van der Waals surface area contributed by atoms with Gasteiger partial charge in [-0.3, -0.25) is 4.79 Å². The Morgan fingerprint density at radius 1 is 0.902 bits per heavy atom. The first-order chi connectivity index (χ1) is 19.7. The van der Waals surface area contributed by atoms with Gasteiger partial charge in [-0.05, 0) is 74.6 Å². The lowest BCUT2D eigenvalue weighted by molar-refractivity contribution is -0.123. The van der Waals surface area contributed by atoms with Crippen LogP contribution in [-0.4, -0.2) is 22.6 Å². The maximum Gasteiger partial charge on any atom is 0.421 e. The first kappa shape index (κ1) is 26.6. The number of hydrogen-bond donors (Lipinski definition) is 1. The molecule has 0 fully saturated rings. The molecule has 5 nitrogen and oxygen atoms in total. The number of aryl methyl sites for hydroxylation is 1. The summed E-state index contributed by atoms with van der Waals surface area (Å²) in [5.74, 6) is -0.687. The third-order valence-corrected chi connectivity index (χ3v) is 7.92. The van der Waals surface area contributed by atoms with Gasteiger partial charge in [-0.1, -0.05) is 90.5 Å². The Kier molecular flexibility index (Phi) is 6.53. The van der Waals surface area contributed by atoms with Crippen molar-refractivity contribution in [2.45, 2.75) is 51.0 Å². The zero-order chi connectivity index (χ0) is 28.8. The van der Waals surface area contributed by atoms with Gasteiger partial charge in [0, 0.05) is 23.0 Å². The van der Waals surface area contributed by atoms with Crippen molar-refractivity contribution < 1.29 is 14.3 Å². The highest BCUT2D eigenvalue weighted by Gasteiger charge is 2.58. The van der Waals surface area contributed by atoms with E-state index in [9.17, 15) is 4.79 Å². The number of aromatic nitrogens is 1. The molecule has 0 saturated carbocycles. The second kappa shape index (κ2) is 10.1. The third-order valence-electron chi connectivity index (χ3n) is 7.92. The van der Waals surface area contributed by atoms with E-state index >= 15 is 4.79 Å². The number of imide groups is 1.